The second kappa shape index (κ2) is 8.43. The van der Waals surface area contributed by atoms with Crippen LogP contribution in [0, 0.1) is 0 Å². The second-order valence-corrected chi connectivity index (χ2v) is 8.05. The molecule has 0 aliphatic heterocycles. The first-order valence-corrected chi connectivity index (χ1v) is 10.8. The van der Waals surface area contributed by atoms with Crippen molar-refractivity contribution in [1.82, 2.24) is 0 Å². The lowest BCUT2D eigenvalue weighted by Crippen LogP contribution is -2.44. The Morgan fingerprint density at radius 3 is 2.15 bits per heavy atom. The molecular weight excluding hydrogens is 414 g/mol. The summed E-state index contributed by atoms with van der Waals surface area (Å²) in [5, 5.41) is 11.3. The molecule has 5 rings (SSSR count). The van der Waals surface area contributed by atoms with Crippen molar-refractivity contribution < 1.29 is 20.8 Å². The van der Waals surface area contributed by atoms with Crippen molar-refractivity contribution in [2.45, 2.75) is 18.9 Å². The van der Waals surface area contributed by atoms with Crippen molar-refractivity contribution in [2.75, 3.05) is 11.5 Å². The molecule has 0 bridgehead atoms. The van der Waals surface area contributed by atoms with Gasteiger partial charge in [-0.05, 0) is 40.6 Å². The Balaban J connectivity index is 1.52. The van der Waals surface area contributed by atoms with Crippen LogP contribution in [0.3, 0.4) is 0 Å². The summed E-state index contributed by atoms with van der Waals surface area (Å²) < 4.78 is 14.5. The number of carbonyl (C=O) groups excluding carboxylic acids is 1. The Hall–Kier alpha value is -4.12. The molecule has 0 aromatic heterocycles. The van der Waals surface area contributed by atoms with Gasteiger partial charge in [0.15, 0.2) is 0 Å². The lowest BCUT2D eigenvalue weighted by Gasteiger charge is -2.28. The van der Waals surface area contributed by atoms with E-state index >= 15 is 0 Å². The van der Waals surface area contributed by atoms with Crippen molar-refractivity contribution in [3.05, 3.63) is 102 Å². The summed E-state index contributed by atoms with van der Waals surface area (Å²) in [4.78, 5) is 26.5. The van der Waals surface area contributed by atoms with Crippen molar-refractivity contribution in [3.63, 3.8) is 0 Å². The smallest absolute Gasteiger partial charge is 0.415 e. The van der Waals surface area contributed by atoms with Crippen LogP contribution in [0.1, 0.15) is 25.3 Å². The molecule has 1 aliphatic carbocycles. The average molecular weight is 439 g/mol. The van der Waals surface area contributed by atoms with Gasteiger partial charge in [-0.15, -0.1) is 0 Å². The molecule has 1 amide bonds. The summed E-state index contributed by atoms with van der Waals surface area (Å²) in [5.74, 6) is -1.63. The predicted octanol–water partition coefficient (Wildman–Crippen LogP) is 6.07. The maximum atomic E-state index is 13.4. The van der Waals surface area contributed by atoms with Crippen LogP contribution in [-0.2, 0) is 9.53 Å². The Morgan fingerprint density at radius 1 is 0.909 bits per heavy atom. The van der Waals surface area contributed by atoms with E-state index < -0.39 is 30.6 Å². The van der Waals surface area contributed by atoms with Crippen LogP contribution in [0.2, 0.25) is 0 Å². The number of aliphatic carboxylic acids is 1. The Labute approximate surface area is 193 Å². The number of fused-ring (bicyclic) bond motifs is 4. The summed E-state index contributed by atoms with van der Waals surface area (Å²) in [6.07, 6.45) is -0.867. The number of benzene rings is 4. The highest BCUT2D eigenvalue weighted by Crippen LogP contribution is 2.44. The van der Waals surface area contributed by atoms with Gasteiger partial charge in [0.25, 0.3) is 0 Å². The van der Waals surface area contributed by atoms with Crippen LogP contribution in [-0.4, -0.2) is 29.8 Å². The van der Waals surface area contributed by atoms with Gasteiger partial charge in [0.05, 0.1) is 7.06 Å². The molecular formula is C28H23NO4. The maximum absolute atomic E-state index is 13.4. The summed E-state index contributed by atoms with van der Waals surface area (Å²) in [6, 6.07) is 27.2. The van der Waals surface area contributed by atoms with E-state index in [1.807, 2.05) is 78.9 Å². The molecule has 4 aromatic rings. The number of carbonyl (C=O) groups is 2. The molecule has 0 spiro atoms. The minimum Gasteiger partial charge on any atom is -0.480 e. The van der Waals surface area contributed by atoms with E-state index in [9.17, 15) is 14.7 Å². The third kappa shape index (κ3) is 3.61. The first kappa shape index (κ1) is 19.6. The molecule has 1 N–H and O–H groups in total. The largest absolute Gasteiger partial charge is 0.480 e. The summed E-state index contributed by atoms with van der Waals surface area (Å²) >= 11 is 0. The van der Waals surface area contributed by atoms with Crippen LogP contribution in [0.5, 0.6) is 0 Å². The van der Waals surface area contributed by atoms with E-state index in [0.29, 0.717) is 5.69 Å². The van der Waals surface area contributed by atoms with Crippen LogP contribution < -0.4 is 4.90 Å². The SMILES string of the molecule is [2H]C(OC(=O)N(c1cccc2ccccc12)[C@@H](C)C(=O)O)C1c2ccccc2-c2ccccc21. The normalized spacial score (nSPS) is 14.6. The minimum absolute atomic E-state index is 0.428. The van der Waals surface area contributed by atoms with Crippen LogP contribution in [0.15, 0.2) is 91.0 Å². The van der Waals surface area contributed by atoms with Gasteiger partial charge in [-0.25, -0.2) is 9.59 Å². The number of hydrogen-bond acceptors (Lipinski definition) is 3. The van der Waals surface area contributed by atoms with E-state index in [1.165, 1.54) is 6.92 Å². The highest BCUT2D eigenvalue weighted by molar-refractivity contribution is 6.04. The first-order valence-electron chi connectivity index (χ1n) is 11.4. The fraction of sp³-hybridized carbons (Fsp3) is 0.143. The Kier molecular flexibility index (Phi) is 5.00. The van der Waals surface area contributed by atoms with E-state index in [-0.39, 0.29) is 0 Å². The van der Waals surface area contributed by atoms with Gasteiger partial charge < -0.3 is 9.84 Å². The minimum atomic E-state index is -1.25. The zero-order valence-corrected chi connectivity index (χ0v) is 18.0. The molecule has 4 aromatic carbocycles. The van der Waals surface area contributed by atoms with Crippen LogP contribution >= 0.6 is 0 Å². The standard InChI is InChI=1S/C28H23NO4/c1-18(27(30)31)29(26-16-8-10-19-9-2-3-11-20(19)26)28(32)33-17-25-23-14-6-4-12-21(23)22-13-5-7-15-24(22)25/h2-16,18,25H,17H2,1H3,(H,30,31)/t18-/m0/s1/i17D/t17?,18-. The molecule has 1 unspecified atom stereocenters. The quantitative estimate of drug-likeness (QED) is 0.411. The highest BCUT2D eigenvalue weighted by Gasteiger charge is 2.33. The van der Waals surface area contributed by atoms with Crippen molar-refractivity contribution >= 4 is 28.5 Å². The third-order valence-electron chi connectivity index (χ3n) is 6.15. The molecule has 2 atom stereocenters. The van der Waals surface area contributed by atoms with Gasteiger partial charge in [-0.3, -0.25) is 4.90 Å². The average Bonchev–Trinajstić information content (AvgIpc) is 3.19. The lowest BCUT2D eigenvalue weighted by molar-refractivity contribution is -0.138. The molecule has 164 valence electrons. The summed E-state index contributed by atoms with van der Waals surface area (Å²) in [7, 11) is 0. The van der Waals surface area contributed by atoms with Gasteiger partial charge >= 0.3 is 12.1 Å². The summed E-state index contributed by atoms with van der Waals surface area (Å²) in [6.45, 7) is 0.181. The van der Waals surface area contributed by atoms with Gasteiger partial charge in [0.1, 0.15) is 12.6 Å². The topological polar surface area (TPSA) is 66.8 Å². The zero-order chi connectivity index (χ0) is 23.8. The van der Waals surface area contributed by atoms with E-state index in [2.05, 4.69) is 0 Å². The van der Waals surface area contributed by atoms with Crippen molar-refractivity contribution in [3.8, 4) is 11.1 Å². The zero-order valence-electron chi connectivity index (χ0n) is 19.0. The molecule has 5 heteroatoms. The van der Waals surface area contributed by atoms with Gasteiger partial charge in [0, 0.05) is 11.3 Å². The number of ether oxygens (including phenoxy) is 1. The molecule has 33 heavy (non-hydrogen) atoms. The first-order chi connectivity index (χ1) is 16.5. The fourth-order valence-corrected chi connectivity index (χ4v) is 4.52. The molecule has 0 radical (unpaired) electrons. The monoisotopic (exact) mass is 438 g/mol. The maximum Gasteiger partial charge on any atom is 0.415 e. The van der Waals surface area contributed by atoms with Gasteiger partial charge in [-0.2, -0.15) is 0 Å². The number of hydrogen-bond donors (Lipinski definition) is 1. The molecule has 0 saturated carbocycles. The number of rotatable bonds is 5. The number of carboxylic acids is 1. The number of nitrogens with zero attached hydrogens (tertiary/aromatic N) is 1. The molecule has 0 saturated heterocycles. The number of amides is 1. The Morgan fingerprint density at radius 2 is 1.48 bits per heavy atom. The lowest BCUT2D eigenvalue weighted by atomic mass is 9.98. The molecule has 0 fully saturated rings. The van der Waals surface area contributed by atoms with Crippen LogP contribution in [0.4, 0.5) is 10.5 Å². The van der Waals surface area contributed by atoms with Gasteiger partial charge in [0.2, 0.25) is 0 Å². The van der Waals surface area contributed by atoms with Crippen molar-refractivity contribution in [2.24, 2.45) is 0 Å². The Bertz CT molecular complexity index is 1350. The fourth-order valence-electron chi connectivity index (χ4n) is 4.52. The highest BCUT2D eigenvalue weighted by atomic mass is 16.6. The van der Waals surface area contributed by atoms with Gasteiger partial charge in [-0.1, -0.05) is 84.9 Å². The number of anilines is 1. The second-order valence-electron chi connectivity index (χ2n) is 8.05. The van der Waals surface area contributed by atoms with Crippen LogP contribution in [0.25, 0.3) is 21.9 Å². The molecule has 1 aliphatic rings. The molecule has 5 nitrogen and oxygen atoms in total. The van der Waals surface area contributed by atoms with Crippen molar-refractivity contribution in [1.29, 1.82) is 0 Å². The summed E-state index contributed by atoms with van der Waals surface area (Å²) in [5.41, 5.74) is 4.29. The van der Waals surface area contributed by atoms with E-state index in [1.54, 1.807) is 12.1 Å². The molecule has 0 heterocycles. The van der Waals surface area contributed by atoms with E-state index in [4.69, 9.17) is 6.11 Å². The van der Waals surface area contributed by atoms with E-state index in [0.717, 1.165) is 37.9 Å². The number of carboxylic acid groups (broad SMARTS) is 1. The third-order valence-corrected chi connectivity index (χ3v) is 6.15. The predicted molar refractivity (Wildman–Crippen MR) is 129 cm³/mol.